The molecule has 0 aliphatic heterocycles. The lowest BCUT2D eigenvalue weighted by Gasteiger charge is -2.09. The van der Waals surface area contributed by atoms with Gasteiger partial charge in [0.1, 0.15) is 5.75 Å². The Kier molecular flexibility index (Phi) is 8.94. The van der Waals surface area contributed by atoms with Crippen molar-refractivity contribution >= 4 is 24.8 Å². The van der Waals surface area contributed by atoms with Crippen molar-refractivity contribution in [1.82, 2.24) is 4.98 Å². The summed E-state index contributed by atoms with van der Waals surface area (Å²) in [6, 6.07) is 3.69. The van der Waals surface area contributed by atoms with Crippen molar-refractivity contribution in [3.63, 3.8) is 0 Å². The quantitative estimate of drug-likeness (QED) is 0.879. The minimum atomic E-state index is 0. The zero-order valence-corrected chi connectivity index (χ0v) is 9.90. The van der Waals surface area contributed by atoms with E-state index in [-0.39, 0.29) is 30.9 Å². The van der Waals surface area contributed by atoms with Crippen LogP contribution in [-0.4, -0.2) is 11.1 Å². The standard InChI is InChI=1S/C9H14N2O.2ClH/c1-7(2)12-9-3-4-11-8(5-9)6-10;;/h3-5,7H,6,10H2,1-2H3;2*1H. The van der Waals surface area contributed by atoms with E-state index in [0.717, 1.165) is 11.4 Å². The van der Waals surface area contributed by atoms with E-state index in [0.29, 0.717) is 6.54 Å². The number of pyridine rings is 1. The van der Waals surface area contributed by atoms with Crippen LogP contribution in [0, 0.1) is 0 Å². The summed E-state index contributed by atoms with van der Waals surface area (Å²) in [4.78, 5) is 4.06. The number of aromatic nitrogens is 1. The number of nitrogens with two attached hydrogens (primary N) is 1. The second-order valence-electron chi connectivity index (χ2n) is 2.85. The third-order valence-electron chi connectivity index (χ3n) is 1.37. The van der Waals surface area contributed by atoms with Crippen LogP contribution in [0.25, 0.3) is 0 Å². The monoisotopic (exact) mass is 238 g/mol. The summed E-state index contributed by atoms with van der Waals surface area (Å²) in [5.74, 6) is 0.834. The zero-order valence-electron chi connectivity index (χ0n) is 8.27. The highest BCUT2D eigenvalue weighted by molar-refractivity contribution is 5.85. The Morgan fingerprint density at radius 2 is 2.07 bits per heavy atom. The van der Waals surface area contributed by atoms with Gasteiger partial charge in [0.05, 0.1) is 11.8 Å². The van der Waals surface area contributed by atoms with Crippen molar-refractivity contribution in [3.05, 3.63) is 24.0 Å². The van der Waals surface area contributed by atoms with E-state index in [1.807, 2.05) is 26.0 Å². The van der Waals surface area contributed by atoms with Gasteiger partial charge in [0.2, 0.25) is 0 Å². The van der Waals surface area contributed by atoms with E-state index in [9.17, 15) is 0 Å². The van der Waals surface area contributed by atoms with Gasteiger partial charge in [-0.2, -0.15) is 0 Å². The van der Waals surface area contributed by atoms with Gasteiger partial charge in [0.25, 0.3) is 0 Å². The first-order valence-corrected chi connectivity index (χ1v) is 4.04. The van der Waals surface area contributed by atoms with Crippen LogP contribution in [0.1, 0.15) is 19.5 Å². The Morgan fingerprint density at radius 1 is 1.43 bits per heavy atom. The highest BCUT2D eigenvalue weighted by Gasteiger charge is 1.98. The molecule has 0 saturated heterocycles. The molecule has 0 unspecified atom stereocenters. The van der Waals surface area contributed by atoms with Crippen LogP contribution < -0.4 is 10.5 Å². The first-order valence-electron chi connectivity index (χ1n) is 4.04. The van der Waals surface area contributed by atoms with Crippen LogP contribution in [0.15, 0.2) is 18.3 Å². The fourth-order valence-electron chi connectivity index (χ4n) is 0.913. The van der Waals surface area contributed by atoms with Gasteiger partial charge < -0.3 is 10.5 Å². The predicted molar refractivity (Wildman–Crippen MR) is 62.4 cm³/mol. The predicted octanol–water partition coefficient (Wildman–Crippen LogP) is 2.17. The molecule has 0 amide bonds. The first-order chi connectivity index (χ1) is 5.72. The largest absolute Gasteiger partial charge is 0.491 e. The van der Waals surface area contributed by atoms with E-state index in [2.05, 4.69) is 4.98 Å². The van der Waals surface area contributed by atoms with Crippen molar-refractivity contribution in [2.24, 2.45) is 5.73 Å². The molecule has 0 atom stereocenters. The molecule has 5 heteroatoms. The van der Waals surface area contributed by atoms with Crippen LogP contribution in [-0.2, 0) is 6.54 Å². The van der Waals surface area contributed by atoms with Crippen LogP contribution >= 0.6 is 24.8 Å². The van der Waals surface area contributed by atoms with Crippen molar-refractivity contribution in [2.75, 3.05) is 0 Å². The third-order valence-corrected chi connectivity index (χ3v) is 1.37. The highest BCUT2D eigenvalue weighted by Crippen LogP contribution is 2.11. The molecular weight excluding hydrogens is 223 g/mol. The number of rotatable bonds is 3. The second-order valence-corrected chi connectivity index (χ2v) is 2.85. The maximum Gasteiger partial charge on any atom is 0.123 e. The van der Waals surface area contributed by atoms with Gasteiger partial charge in [-0.25, -0.2) is 0 Å². The number of halogens is 2. The van der Waals surface area contributed by atoms with Crippen LogP contribution in [0.3, 0.4) is 0 Å². The molecular formula is C9H16Cl2N2O. The molecule has 1 aromatic rings. The summed E-state index contributed by atoms with van der Waals surface area (Å²) in [7, 11) is 0. The molecule has 0 saturated carbocycles. The Hall–Kier alpha value is -0.510. The maximum atomic E-state index is 5.46. The summed E-state index contributed by atoms with van der Waals surface area (Å²) in [5, 5.41) is 0. The van der Waals surface area contributed by atoms with Gasteiger partial charge in [-0.15, -0.1) is 24.8 Å². The fraction of sp³-hybridized carbons (Fsp3) is 0.444. The second kappa shape index (κ2) is 7.85. The molecule has 0 aliphatic carbocycles. The fourth-order valence-corrected chi connectivity index (χ4v) is 0.913. The summed E-state index contributed by atoms with van der Waals surface area (Å²) in [5.41, 5.74) is 6.29. The van der Waals surface area contributed by atoms with E-state index in [4.69, 9.17) is 10.5 Å². The molecule has 1 rings (SSSR count). The van der Waals surface area contributed by atoms with Crippen LogP contribution in [0.4, 0.5) is 0 Å². The minimum Gasteiger partial charge on any atom is -0.491 e. The summed E-state index contributed by atoms with van der Waals surface area (Å²) < 4.78 is 5.46. The molecule has 0 aromatic carbocycles. The molecule has 2 N–H and O–H groups in total. The number of nitrogens with zero attached hydrogens (tertiary/aromatic N) is 1. The van der Waals surface area contributed by atoms with E-state index >= 15 is 0 Å². The van der Waals surface area contributed by atoms with Gasteiger partial charge in [-0.3, -0.25) is 4.98 Å². The van der Waals surface area contributed by atoms with Gasteiger partial charge >= 0.3 is 0 Å². The molecule has 0 fully saturated rings. The molecule has 1 aromatic heterocycles. The lowest BCUT2D eigenvalue weighted by Crippen LogP contribution is -2.07. The van der Waals surface area contributed by atoms with Gasteiger partial charge in [-0.05, 0) is 19.9 Å². The smallest absolute Gasteiger partial charge is 0.123 e. The Balaban J connectivity index is 0. The molecule has 0 bridgehead atoms. The Morgan fingerprint density at radius 3 is 2.57 bits per heavy atom. The van der Waals surface area contributed by atoms with Crippen molar-refractivity contribution in [2.45, 2.75) is 26.5 Å². The van der Waals surface area contributed by atoms with Gasteiger partial charge in [0, 0.05) is 18.8 Å². The van der Waals surface area contributed by atoms with Gasteiger partial charge in [-0.1, -0.05) is 0 Å². The Bertz CT molecular complexity index is 256. The number of hydrogen-bond acceptors (Lipinski definition) is 3. The lowest BCUT2D eigenvalue weighted by molar-refractivity contribution is 0.242. The van der Waals surface area contributed by atoms with Gasteiger partial charge in [0.15, 0.2) is 0 Å². The third kappa shape index (κ3) is 5.27. The molecule has 0 aliphatic rings. The van der Waals surface area contributed by atoms with E-state index < -0.39 is 0 Å². The number of ether oxygens (including phenoxy) is 1. The lowest BCUT2D eigenvalue weighted by atomic mass is 10.3. The zero-order chi connectivity index (χ0) is 8.97. The van der Waals surface area contributed by atoms with Crippen LogP contribution in [0.2, 0.25) is 0 Å². The van der Waals surface area contributed by atoms with Crippen molar-refractivity contribution in [1.29, 1.82) is 0 Å². The van der Waals surface area contributed by atoms with E-state index in [1.165, 1.54) is 0 Å². The van der Waals surface area contributed by atoms with E-state index in [1.54, 1.807) is 6.20 Å². The molecule has 0 radical (unpaired) electrons. The van der Waals surface area contributed by atoms with Crippen LogP contribution in [0.5, 0.6) is 5.75 Å². The highest BCUT2D eigenvalue weighted by atomic mass is 35.5. The maximum absolute atomic E-state index is 5.46. The first kappa shape index (κ1) is 15.9. The average molecular weight is 239 g/mol. The molecule has 3 nitrogen and oxygen atoms in total. The summed E-state index contributed by atoms with van der Waals surface area (Å²) >= 11 is 0. The molecule has 14 heavy (non-hydrogen) atoms. The summed E-state index contributed by atoms with van der Waals surface area (Å²) in [6.07, 6.45) is 1.90. The Labute approximate surface area is 96.9 Å². The number of hydrogen-bond donors (Lipinski definition) is 1. The molecule has 1 heterocycles. The van der Waals surface area contributed by atoms with Crippen molar-refractivity contribution < 1.29 is 4.74 Å². The van der Waals surface area contributed by atoms with Crippen molar-refractivity contribution in [3.8, 4) is 5.75 Å². The molecule has 82 valence electrons. The summed E-state index contributed by atoms with van der Waals surface area (Å²) in [6.45, 7) is 4.43. The average Bonchev–Trinajstić information content (AvgIpc) is 2.03. The molecule has 0 spiro atoms. The SMILES string of the molecule is CC(C)Oc1ccnc(CN)c1.Cl.Cl. The minimum absolute atomic E-state index is 0. The topological polar surface area (TPSA) is 48.1 Å². The normalized spacial score (nSPS) is 8.86.